The molecule has 0 bridgehead atoms. The number of nitrogens with two attached hydrogens (primary N) is 1. The molecular formula is C11H24N2O2. The molecule has 0 aromatic heterocycles. The van der Waals surface area contributed by atoms with E-state index in [0.29, 0.717) is 13.0 Å². The molecule has 0 radical (unpaired) electrons. The van der Waals surface area contributed by atoms with E-state index in [-0.39, 0.29) is 17.6 Å². The van der Waals surface area contributed by atoms with E-state index in [0.717, 1.165) is 12.8 Å². The average Bonchev–Trinajstić information content (AvgIpc) is 2.25. The van der Waals surface area contributed by atoms with Gasteiger partial charge in [0.2, 0.25) is 5.91 Å². The molecule has 0 saturated carbocycles. The van der Waals surface area contributed by atoms with Crippen molar-refractivity contribution in [3.8, 4) is 0 Å². The fourth-order valence-electron chi connectivity index (χ4n) is 1.28. The first-order valence-corrected chi connectivity index (χ1v) is 5.55. The van der Waals surface area contributed by atoms with Gasteiger partial charge in [0.25, 0.3) is 0 Å². The van der Waals surface area contributed by atoms with E-state index in [1.165, 1.54) is 0 Å². The van der Waals surface area contributed by atoms with Crippen LogP contribution in [0.2, 0.25) is 0 Å². The number of carbonyl (C=O) groups is 1. The van der Waals surface area contributed by atoms with Crippen molar-refractivity contribution in [1.29, 1.82) is 0 Å². The van der Waals surface area contributed by atoms with Crippen molar-refractivity contribution in [2.45, 2.75) is 51.7 Å². The molecule has 1 amide bonds. The zero-order valence-electron chi connectivity index (χ0n) is 10.3. The van der Waals surface area contributed by atoms with Crippen LogP contribution in [0.1, 0.15) is 40.0 Å². The maximum atomic E-state index is 11.7. The lowest BCUT2D eigenvalue weighted by molar-refractivity contribution is -0.125. The summed E-state index contributed by atoms with van der Waals surface area (Å²) in [5, 5.41) is 3.02. The number of nitrogens with one attached hydrogen (secondary N) is 1. The largest absolute Gasteiger partial charge is 0.380 e. The summed E-state index contributed by atoms with van der Waals surface area (Å²) < 4.78 is 5.07. The summed E-state index contributed by atoms with van der Waals surface area (Å²) in [6.07, 6.45) is 2.01. The van der Waals surface area contributed by atoms with Crippen LogP contribution in [0.25, 0.3) is 0 Å². The van der Waals surface area contributed by atoms with Crippen LogP contribution in [-0.2, 0) is 9.53 Å². The van der Waals surface area contributed by atoms with Gasteiger partial charge in [-0.25, -0.2) is 0 Å². The average molecular weight is 216 g/mol. The van der Waals surface area contributed by atoms with Gasteiger partial charge in [0.05, 0.1) is 12.5 Å². The highest BCUT2D eigenvalue weighted by molar-refractivity contribution is 5.77. The van der Waals surface area contributed by atoms with E-state index < -0.39 is 0 Å². The predicted molar refractivity (Wildman–Crippen MR) is 61.6 cm³/mol. The number of carbonyl (C=O) groups excluding carboxylic acids is 1. The molecule has 0 aliphatic rings. The van der Waals surface area contributed by atoms with Gasteiger partial charge in [-0.1, -0.05) is 13.8 Å². The Bertz CT molecular complexity index is 187. The monoisotopic (exact) mass is 216 g/mol. The summed E-state index contributed by atoms with van der Waals surface area (Å²) >= 11 is 0. The van der Waals surface area contributed by atoms with Crippen LogP contribution >= 0.6 is 0 Å². The lowest BCUT2D eigenvalue weighted by Gasteiger charge is -2.29. The number of hydrogen-bond donors (Lipinski definition) is 2. The quantitative estimate of drug-likeness (QED) is 0.668. The maximum absolute atomic E-state index is 11.7. The highest BCUT2D eigenvalue weighted by Crippen LogP contribution is 2.13. The van der Waals surface area contributed by atoms with E-state index in [1.54, 1.807) is 7.11 Å². The van der Waals surface area contributed by atoms with E-state index in [4.69, 9.17) is 10.5 Å². The number of rotatable bonds is 7. The molecule has 90 valence electrons. The normalized spacial score (nSPS) is 13.7. The first-order chi connectivity index (χ1) is 7.01. The molecule has 0 saturated heterocycles. The third-order valence-corrected chi connectivity index (χ3v) is 3.01. The summed E-state index contributed by atoms with van der Waals surface area (Å²) in [6.45, 7) is 6.56. The van der Waals surface area contributed by atoms with Gasteiger partial charge in [0.1, 0.15) is 0 Å². The fourth-order valence-corrected chi connectivity index (χ4v) is 1.28. The standard InChI is InChI=1S/C11H24N2O2/c1-5-11(3,6-2)13-10(14)7-9(8-12)15-4/h9H,5-8,12H2,1-4H3,(H,13,14). The van der Waals surface area contributed by atoms with Gasteiger partial charge in [-0.15, -0.1) is 0 Å². The minimum absolute atomic E-state index is 0.0125. The summed E-state index contributed by atoms with van der Waals surface area (Å²) in [7, 11) is 1.57. The third-order valence-electron chi connectivity index (χ3n) is 3.01. The van der Waals surface area contributed by atoms with Crippen LogP contribution in [0.3, 0.4) is 0 Å². The Morgan fingerprint density at radius 1 is 1.47 bits per heavy atom. The number of hydrogen-bond acceptors (Lipinski definition) is 3. The van der Waals surface area contributed by atoms with Gasteiger partial charge < -0.3 is 15.8 Å². The molecule has 0 spiro atoms. The predicted octanol–water partition coefficient (Wildman–Crippen LogP) is 1.05. The summed E-state index contributed by atoms with van der Waals surface area (Å²) in [4.78, 5) is 11.7. The zero-order chi connectivity index (χ0) is 11.9. The van der Waals surface area contributed by atoms with Crippen molar-refractivity contribution in [2.75, 3.05) is 13.7 Å². The van der Waals surface area contributed by atoms with Crippen LogP contribution in [0.4, 0.5) is 0 Å². The summed E-state index contributed by atoms with van der Waals surface area (Å²) in [5.74, 6) is 0.0125. The second-order valence-electron chi connectivity index (χ2n) is 4.11. The highest BCUT2D eigenvalue weighted by Gasteiger charge is 2.23. The van der Waals surface area contributed by atoms with Crippen molar-refractivity contribution in [3.63, 3.8) is 0 Å². The molecule has 0 aromatic rings. The first-order valence-electron chi connectivity index (χ1n) is 5.55. The van der Waals surface area contributed by atoms with Crippen LogP contribution in [-0.4, -0.2) is 31.2 Å². The van der Waals surface area contributed by atoms with Crippen molar-refractivity contribution < 1.29 is 9.53 Å². The van der Waals surface area contributed by atoms with Crippen molar-refractivity contribution >= 4 is 5.91 Å². The van der Waals surface area contributed by atoms with Gasteiger partial charge in [0, 0.05) is 19.2 Å². The summed E-state index contributed by atoms with van der Waals surface area (Å²) in [5.41, 5.74) is 5.35. The topological polar surface area (TPSA) is 64.4 Å². The van der Waals surface area contributed by atoms with Gasteiger partial charge >= 0.3 is 0 Å². The Morgan fingerprint density at radius 2 is 2.00 bits per heavy atom. The van der Waals surface area contributed by atoms with E-state index in [1.807, 2.05) is 0 Å². The Labute approximate surface area is 92.6 Å². The lowest BCUT2D eigenvalue weighted by Crippen LogP contribution is -2.46. The second-order valence-corrected chi connectivity index (χ2v) is 4.11. The molecule has 15 heavy (non-hydrogen) atoms. The minimum atomic E-state index is -0.178. The smallest absolute Gasteiger partial charge is 0.223 e. The highest BCUT2D eigenvalue weighted by atomic mass is 16.5. The van der Waals surface area contributed by atoms with Gasteiger partial charge in [-0.2, -0.15) is 0 Å². The van der Waals surface area contributed by atoms with Crippen molar-refractivity contribution in [1.82, 2.24) is 5.32 Å². The van der Waals surface area contributed by atoms with Gasteiger partial charge in [0.15, 0.2) is 0 Å². The Balaban J connectivity index is 4.12. The SMILES string of the molecule is CCC(C)(CC)NC(=O)CC(CN)OC. The molecule has 0 aromatic carbocycles. The number of amides is 1. The summed E-state index contributed by atoms with van der Waals surface area (Å²) in [6, 6.07) is 0. The molecule has 4 heteroatoms. The van der Waals surface area contributed by atoms with E-state index >= 15 is 0 Å². The van der Waals surface area contributed by atoms with Gasteiger partial charge in [-0.3, -0.25) is 4.79 Å². The Hall–Kier alpha value is -0.610. The second kappa shape index (κ2) is 6.80. The molecule has 0 aliphatic heterocycles. The number of methoxy groups -OCH3 is 1. The number of ether oxygens (including phenoxy) is 1. The van der Waals surface area contributed by atoms with Crippen LogP contribution in [0.15, 0.2) is 0 Å². The first kappa shape index (κ1) is 14.4. The lowest BCUT2D eigenvalue weighted by atomic mass is 9.95. The minimum Gasteiger partial charge on any atom is -0.380 e. The zero-order valence-corrected chi connectivity index (χ0v) is 10.3. The molecule has 0 aliphatic carbocycles. The van der Waals surface area contributed by atoms with Crippen molar-refractivity contribution in [2.24, 2.45) is 5.73 Å². The molecule has 1 atom stereocenters. The van der Waals surface area contributed by atoms with Crippen molar-refractivity contribution in [3.05, 3.63) is 0 Å². The molecule has 0 fully saturated rings. The Kier molecular flexibility index (Phi) is 6.52. The van der Waals surface area contributed by atoms with Gasteiger partial charge in [-0.05, 0) is 19.8 Å². The van der Waals surface area contributed by atoms with E-state index in [2.05, 4.69) is 26.1 Å². The maximum Gasteiger partial charge on any atom is 0.223 e. The van der Waals surface area contributed by atoms with E-state index in [9.17, 15) is 4.79 Å². The molecule has 3 N–H and O–H groups in total. The molecular weight excluding hydrogens is 192 g/mol. The molecule has 0 heterocycles. The van der Waals surface area contributed by atoms with Crippen LogP contribution in [0.5, 0.6) is 0 Å². The molecule has 1 unspecified atom stereocenters. The fraction of sp³-hybridized carbons (Fsp3) is 0.909. The van der Waals surface area contributed by atoms with Crippen LogP contribution in [0, 0.1) is 0 Å². The molecule has 0 rings (SSSR count). The van der Waals surface area contributed by atoms with Crippen LogP contribution < -0.4 is 11.1 Å². The molecule has 4 nitrogen and oxygen atoms in total. The Morgan fingerprint density at radius 3 is 2.33 bits per heavy atom. The third kappa shape index (κ3) is 5.14.